The van der Waals surface area contributed by atoms with Gasteiger partial charge in [0.15, 0.2) is 5.78 Å². The molecule has 0 saturated carbocycles. The van der Waals surface area contributed by atoms with E-state index in [1.165, 1.54) is 0 Å². The van der Waals surface area contributed by atoms with Gasteiger partial charge in [0.1, 0.15) is 0 Å². The lowest BCUT2D eigenvalue weighted by Gasteiger charge is -2.11. The fourth-order valence-corrected chi connectivity index (χ4v) is 2.11. The van der Waals surface area contributed by atoms with E-state index in [0.717, 1.165) is 28.9 Å². The van der Waals surface area contributed by atoms with Gasteiger partial charge < -0.3 is 5.32 Å². The number of nitrogens with one attached hydrogen (secondary N) is 1. The van der Waals surface area contributed by atoms with Crippen molar-refractivity contribution >= 4 is 11.5 Å². The van der Waals surface area contributed by atoms with Gasteiger partial charge in [0, 0.05) is 24.2 Å². The highest BCUT2D eigenvalue weighted by Crippen LogP contribution is 2.19. The molecule has 0 aliphatic carbocycles. The Balaban J connectivity index is 2.25. The zero-order valence-corrected chi connectivity index (χ0v) is 11.4. The minimum Gasteiger partial charge on any atom is -0.385 e. The van der Waals surface area contributed by atoms with Crippen LogP contribution in [0, 0.1) is 6.92 Å². The number of Topliss-reactive ketones (excluding diaryl/α,β-unsaturated/α-hetero) is 1. The molecule has 0 atom stereocenters. The molecule has 0 aliphatic rings. The van der Waals surface area contributed by atoms with Crippen LogP contribution in [0.5, 0.6) is 0 Å². The summed E-state index contributed by atoms with van der Waals surface area (Å²) in [5.41, 5.74) is 3.87. The molecule has 2 nitrogen and oxygen atoms in total. The summed E-state index contributed by atoms with van der Waals surface area (Å²) in [6.07, 6.45) is 0.447. The van der Waals surface area contributed by atoms with Crippen LogP contribution in [-0.2, 0) is 6.42 Å². The van der Waals surface area contributed by atoms with E-state index in [2.05, 4.69) is 5.32 Å². The second-order valence-corrected chi connectivity index (χ2v) is 4.66. The molecular formula is C17H19NO. The SMILES string of the molecule is CCNc1ccc(C)cc1C(=O)Cc1ccccc1. The lowest BCUT2D eigenvalue weighted by molar-refractivity contribution is 0.0993. The zero-order valence-electron chi connectivity index (χ0n) is 11.4. The van der Waals surface area contributed by atoms with Gasteiger partial charge in [-0.25, -0.2) is 0 Å². The number of aryl methyl sites for hydroxylation is 1. The van der Waals surface area contributed by atoms with E-state index in [1.807, 2.05) is 62.4 Å². The highest BCUT2D eigenvalue weighted by molar-refractivity contribution is 6.02. The first-order valence-electron chi connectivity index (χ1n) is 6.62. The van der Waals surface area contributed by atoms with Crippen molar-refractivity contribution < 1.29 is 4.79 Å². The Morgan fingerprint density at radius 2 is 1.84 bits per heavy atom. The van der Waals surface area contributed by atoms with Crippen LogP contribution in [0.25, 0.3) is 0 Å². The lowest BCUT2D eigenvalue weighted by atomic mass is 10.00. The lowest BCUT2D eigenvalue weighted by Crippen LogP contribution is -2.09. The molecule has 0 aliphatic heterocycles. The van der Waals surface area contributed by atoms with Crippen molar-refractivity contribution in [3.8, 4) is 0 Å². The minimum atomic E-state index is 0.158. The molecule has 0 radical (unpaired) electrons. The first kappa shape index (κ1) is 13.3. The highest BCUT2D eigenvalue weighted by atomic mass is 16.1. The van der Waals surface area contributed by atoms with Gasteiger partial charge in [-0.3, -0.25) is 4.79 Å². The molecule has 0 spiro atoms. The topological polar surface area (TPSA) is 29.1 Å². The van der Waals surface area contributed by atoms with E-state index in [9.17, 15) is 4.79 Å². The normalized spacial score (nSPS) is 10.2. The smallest absolute Gasteiger partial charge is 0.169 e. The van der Waals surface area contributed by atoms with E-state index < -0.39 is 0 Å². The van der Waals surface area contributed by atoms with Gasteiger partial charge >= 0.3 is 0 Å². The minimum absolute atomic E-state index is 0.158. The van der Waals surface area contributed by atoms with Crippen molar-refractivity contribution in [3.63, 3.8) is 0 Å². The van der Waals surface area contributed by atoms with Gasteiger partial charge in [-0.2, -0.15) is 0 Å². The number of benzene rings is 2. The predicted octanol–water partition coefficient (Wildman–Crippen LogP) is 3.85. The number of ketones is 1. The number of rotatable bonds is 5. The average Bonchev–Trinajstić information content (AvgIpc) is 2.42. The first-order valence-corrected chi connectivity index (χ1v) is 6.62. The third kappa shape index (κ3) is 3.44. The van der Waals surface area contributed by atoms with Gasteiger partial charge in [-0.15, -0.1) is 0 Å². The summed E-state index contributed by atoms with van der Waals surface area (Å²) in [7, 11) is 0. The Morgan fingerprint density at radius 3 is 2.53 bits per heavy atom. The Bertz CT molecular complexity index is 561. The first-order chi connectivity index (χ1) is 9.20. The van der Waals surface area contributed by atoms with Crippen molar-refractivity contribution in [1.82, 2.24) is 0 Å². The maximum absolute atomic E-state index is 12.4. The molecule has 0 aromatic heterocycles. The van der Waals surface area contributed by atoms with E-state index >= 15 is 0 Å². The van der Waals surface area contributed by atoms with Crippen molar-refractivity contribution in [2.24, 2.45) is 0 Å². The number of carbonyl (C=O) groups excluding carboxylic acids is 1. The van der Waals surface area contributed by atoms with Gasteiger partial charge in [0.25, 0.3) is 0 Å². The van der Waals surface area contributed by atoms with Crippen LogP contribution in [0.15, 0.2) is 48.5 Å². The Hall–Kier alpha value is -2.09. The van der Waals surface area contributed by atoms with E-state index in [-0.39, 0.29) is 5.78 Å². The highest BCUT2D eigenvalue weighted by Gasteiger charge is 2.12. The maximum atomic E-state index is 12.4. The number of hydrogen-bond acceptors (Lipinski definition) is 2. The summed E-state index contributed by atoms with van der Waals surface area (Å²) in [5.74, 6) is 0.158. The standard InChI is InChI=1S/C17H19NO/c1-3-18-16-10-9-13(2)11-15(16)17(19)12-14-7-5-4-6-8-14/h4-11,18H,3,12H2,1-2H3. The van der Waals surface area contributed by atoms with E-state index in [0.29, 0.717) is 6.42 Å². The Labute approximate surface area is 114 Å². The van der Waals surface area contributed by atoms with Crippen LogP contribution in [0.1, 0.15) is 28.4 Å². The second-order valence-electron chi connectivity index (χ2n) is 4.66. The van der Waals surface area contributed by atoms with Gasteiger partial charge in [0.05, 0.1) is 0 Å². The van der Waals surface area contributed by atoms with Crippen LogP contribution < -0.4 is 5.32 Å². The fourth-order valence-electron chi connectivity index (χ4n) is 2.11. The van der Waals surface area contributed by atoms with E-state index in [4.69, 9.17) is 0 Å². The largest absolute Gasteiger partial charge is 0.385 e. The molecule has 1 N–H and O–H groups in total. The van der Waals surface area contributed by atoms with E-state index in [1.54, 1.807) is 0 Å². The molecule has 2 heteroatoms. The van der Waals surface area contributed by atoms with Crippen LogP contribution in [0.2, 0.25) is 0 Å². The molecule has 2 rings (SSSR count). The summed E-state index contributed by atoms with van der Waals surface area (Å²) < 4.78 is 0. The third-order valence-corrected chi connectivity index (χ3v) is 3.05. The molecule has 0 fully saturated rings. The number of hydrogen-bond donors (Lipinski definition) is 1. The molecule has 0 bridgehead atoms. The van der Waals surface area contributed by atoms with Crippen LogP contribution in [0.3, 0.4) is 0 Å². The summed E-state index contributed by atoms with van der Waals surface area (Å²) >= 11 is 0. The molecule has 0 amide bonds. The molecule has 0 heterocycles. The second kappa shape index (κ2) is 6.19. The summed E-state index contributed by atoms with van der Waals surface area (Å²) in [6.45, 7) is 4.86. The molecular weight excluding hydrogens is 234 g/mol. The Kier molecular flexibility index (Phi) is 4.35. The monoisotopic (exact) mass is 253 g/mol. The molecule has 2 aromatic carbocycles. The van der Waals surface area contributed by atoms with Gasteiger partial charge in [0.2, 0.25) is 0 Å². The van der Waals surface area contributed by atoms with Crippen molar-refractivity contribution in [3.05, 3.63) is 65.2 Å². The van der Waals surface area contributed by atoms with Crippen LogP contribution >= 0.6 is 0 Å². The molecule has 19 heavy (non-hydrogen) atoms. The summed E-state index contributed by atoms with van der Waals surface area (Å²) in [5, 5.41) is 3.25. The summed E-state index contributed by atoms with van der Waals surface area (Å²) in [4.78, 5) is 12.4. The quantitative estimate of drug-likeness (QED) is 0.820. The van der Waals surface area contributed by atoms with Crippen LogP contribution in [0.4, 0.5) is 5.69 Å². The van der Waals surface area contributed by atoms with Crippen LogP contribution in [-0.4, -0.2) is 12.3 Å². The maximum Gasteiger partial charge on any atom is 0.169 e. The zero-order chi connectivity index (χ0) is 13.7. The third-order valence-electron chi connectivity index (χ3n) is 3.05. The predicted molar refractivity (Wildman–Crippen MR) is 79.8 cm³/mol. The molecule has 0 unspecified atom stereocenters. The molecule has 0 saturated heterocycles. The van der Waals surface area contributed by atoms with Crippen molar-refractivity contribution in [1.29, 1.82) is 0 Å². The molecule has 98 valence electrons. The average molecular weight is 253 g/mol. The summed E-state index contributed by atoms with van der Waals surface area (Å²) in [6, 6.07) is 15.8. The Morgan fingerprint density at radius 1 is 1.11 bits per heavy atom. The van der Waals surface area contributed by atoms with Gasteiger partial charge in [-0.05, 0) is 31.5 Å². The number of anilines is 1. The van der Waals surface area contributed by atoms with Crippen molar-refractivity contribution in [2.75, 3.05) is 11.9 Å². The van der Waals surface area contributed by atoms with Gasteiger partial charge in [-0.1, -0.05) is 42.0 Å². The van der Waals surface area contributed by atoms with Crippen molar-refractivity contribution in [2.45, 2.75) is 20.3 Å². The molecule has 2 aromatic rings. The fraction of sp³-hybridized carbons (Fsp3) is 0.235. The number of carbonyl (C=O) groups is 1.